The van der Waals surface area contributed by atoms with Crippen molar-refractivity contribution in [1.82, 2.24) is 4.98 Å². The van der Waals surface area contributed by atoms with Crippen LogP contribution in [0.1, 0.15) is 25.3 Å². The molecular weight excluding hydrogens is 244 g/mol. The van der Waals surface area contributed by atoms with Crippen molar-refractivity contribution in [3.8, 4) is 0 Å². The van der Waals surface area contributed by atoms with Gasteiger partial charge in [-0.3, -0.25) is 9.69 Å². The van der Waals surface area contributed by atoms with E-state index in [-0.39, 0.29) is 11.9 Å². The number of pyridine rings is 1. The zero-order valence-corrected chi connectivity index (χ0v) is 10.8. The lowest BCUT2D eigenvalue weighted by Crippen LogP contribution is -2.24. The number of aromatic nitrogens is 1. The lowest BCUT2D eigenvalue weighted by molar-refractivity contribution is -0.137. The van der Waals surface area contributed by atoms with Gasteiger partial charge in [0, 0.05) is 25.2 Å². The van der Waals surface area contributed by atoms with Crippen molar-refractivity contribution < 1.29 is 14.3 Å². The zero-order valence-electron chi connectivity index (χ0n) is 10.8. The molecule has 1 fully saturated rings. The van der Waals surface area contributed by atoms with Gasteiger partial charge in [-0.15, -0.1) is 0 Å². The van der Waals surface area contributed by atoms with Crippen LogP contribution in [0.15, 0.2) is 24.4 Å². The molecule has 19 heavy (non-hydrogen) atoms. The Morgan fingerprint density at radius 2 is 2.42 bits per heavy atom. The first-order valence-corrected chi connectivity index (χ1v) is 6.32. The van der Waals surface area contributed by atoms with Crippen molar-refractivity contribution >= 4 is 23.8 Å². The molecule has 1 aromatic heterocycles. The minimum Gasteiger partial charge on any atom is -0.463 e. The van der Waals surface area contributed by atoms with Crippen molar-refractivity contribution in [1.29, 1.82) is 0 Å². The number of hydrogen-bond donors (Lipinski definition) is 0. The summed E-state index contributed by atoms with van der Waals surface area (Å²) in [4.78, 5) is 28.7. The van der Waals surface area contributed by atoms with E-state index in [1.807, 2.05) is 0 Å². The lowest BCUT2D eigenvalue weighted by atomic mass is 10.2. The highest BCUT2D eigenvalue weighted by atomic mass is 16.5. The molecule has 1 aliphatic heterocycles. The van der Waals surface area contributed by atoms with E-state index in [2.05, 4.69) is 4.98 Å². The molecule has 5 nitrogen and oxygen atoms in total. The summed E-state index contributed by atoms with van der Waals surface area (Å²) >= 11 is 0. The third kappa shape index (κ3) is 3.40. The predicted molar refractivity (Wildman–Crippen MR) is 71.5 cm³/mol. The summed E-state index contributed by atoms with van der Waals surface area (Å²) in [6.45, 7) is 2.82. The average Bonchev–Trinajstić information content (AvgIpc) is 2.83. The molecule has 0 radical (unpaired) electrons. The number of esters is 1. The summed E-state index contributed by atoms with van der Waals surface area (Å²) in [7, 11) is 0. The predicted octanol–water partition coefficient (Wildman–Crippen LogP) is 1.78. The Labute approximate surface area is 111 Å². The fourth-order valence-corrected chi connectivity index (χ4v) is 1.93. The van der Waals surface area contributed by atoms with Crippen LogP contribution in [0.3, 0.4) is 0 Å². The number of carbonyl (C=O) groups is 2. The fraction of sp³-hybridized carbons (Fsp3) is 0.357. The molecule has 5 heteroatoms. The Kier molecular flexibility index (Phi) is 4.28. The molecule has 0 unspecified atom stereocenters. The van der Waals surface area contributed by atoms with Crippen LogP contribution < -0.4 is 4.90 Å². The summed E-state index contributed by atoms with van der Waals surface area (Å²) in [5.74, 6) is 0.352. The van der Waals surface area contributed by atoms with Crippen LogP contribution in [0.2, 0.25) is 0 Å². The monoisotopic (exact) mass is 260 g/mol. The van der Waals surface area contributed by atoms with Gasteiger partial charge in [-0.05, 0) is 37.1 Å². The maximum Gasteiger partial charge on any atom is 0.330 e. The Balaban J connectivity index is 2.11. The molecule has 1 aliphatic rings. The number of rotatable bonds is 4. The first-order valence-electron chi connectivity index (χ1n) is 6.32. The van der Waals surface area contributed by atoms with Crippen molar-refractivity contribution in [2.45, 2.75) is 19.8 Å². The molecule has 0 bridgehead atoms. The Morgan fingerprint density at radius 3 is 3.11 bits per heavy atom. The molecule has 0 aliphatic carbocycles. The quantitative estimate of drug-likeness (QED) is 0.611. The summed E-state index contributed by atoms with van der Waals surface area (Å²) in [6.07, 6.45) is 6.10. The van der Waals surface area contributed by atoms with Gasteiger partial charge in [0.2, 0.25) is 5.91 Å². The minimum absolute atomic E-state index is 0.0963. The number of anilines is 1. The van der Waals surface area contributed by atoms with Crippen LogP contribution in [0.4, 0.5) is 5.82 Å². The summed E-state index contributed by atoms with van der Waals surface area (Å²) in [5, 5.41) is 0. The van der Waals surface area contributed by atoms with Gasteiger partial charge in [0.15, 0.2) is 0 Å². The molecule has 0 aromatic carbocycles. The fourth-order valence-electron chi connectivity index (χ4n) is 1.93. The third-order valence-electron chi connectivity index (χ3n) is 2.82. The molecule has 100 valence electrons. The summed E-state index contributed by atoms with van der Waals surface area (Å²) in [6, 6.07) is 3.57. The van der Waals surface area contributed by atoms with E-state index >= 15 is 0 Å². The van der Waals surface area contributed by atoms with Crippen molar-refractivity contribution in [2.75, 3.05) is 18.1 Å². The van der Waals surface area contributed by atoms with Crippen LogP contribution >= 0.6 is 0 Å². The number of nitrogens with zero attached hydrogens (tertiary/aromatic N) is 2. The van der Waals surface area contributed by atoms with E-state index in [1.54, 1.807) is 36.2 Å². The normalized spacial score (nSPS) is 15.2. The second-order valence-corrected chi connectivity index (χ2v) is 4.18. The second kappa shape index (κ2) is 6.13. The van der Waals surface area contributed by atoms with E-state index in [4.69, 9.17) is 4.74 Å². The number of hydrogen-bond acceptors (Lipinski definition) is 4. The molecule has 0 atom stereocenters. The van der Waals surface area contributed by atoms with Gasteiger partial charge < -0.3 is 4.74 Å². The summed E-state index contributed by atoms with van der Waals surface area (Å²) in [5.41, 5.74) is 0.817. The van der Waals surface area contributed by atoms with E-state index < -0.39 is 0 Å². The van der Waals surface area contributed by atoms with Gasteiger partial charge in [0.25, 0.3) is 0 Å². The molecule has 2 heterocycles. The molecule has 2 rings (SSSR count). The van der Waals surface area contributed by atoms with Gasteiger partial charge in [0.05, 0.1) is 6.61 Å². The van der Waals surface area contributed by atoms with Crippen LogP contribution in [-0.4, -0.2) is 30.0 Å². The van der Waals surface area contributed by atoms with Gasteiger partial charge >= 0.3 is 5.97 Å². The molecule has 0 N–H and O–H groups in total. The molecule has 0 spiro atoms. The largest absolute Gasteiger partial charge is 0.463 e. The maximum absolute atomic E-state index is 11.6. The first kappa shape index (κ1) is 13.3. The Morgan fingerprint density at radius 1 is 1.58 bits per heavy atom. The van der Waals surface area contributed by atoms with Gasteiger partial charge in [-0.25, -0.2) is 9.78 Å². The van der Waals surface area contributed by atoms with E-state index in [9.17, 15) is 9.59 Å². The third-order valence-corrected chi connectivity index (χ3v) is 2.82. The van der Waals surface area contributed by atoms with Crippen molar-refractivity contribution in [3.05, 3.63) is 30.0 Å². The number of carbonyl (C=O) groups excluding carboxylic acids is 2. The SMILES string of the molecule is CCOC(=O)/C=C/c1ccnc(N2CCCC2=O)c1. The standard InChI is InChI=1S/C14H16N2O3/c1-2-19-14(18)6-5-11-7-8-15-12(10-11)16-9-3-4-13(16)17/h5-8,10H,2-4,9H2,1H3/b6-5+. The van der Waals surface area contributed by atoms with Crippen LogP contribution in [0.5, 0.6) is 0 Å². The maximum atomic E-state index is 11.6. The minimum atomic E-state index is -0.377. The highest BCUT2D eigenvalue weighted by molar-refractivity contribution is 5.94. The molecular formula is C14H16N2O3. The molecule has 1 aromatic rings. The van der Waals surface area contributed by atoms with Gasteiger partial charge in [-0.1, -0.05) is 0 Å². The van der Waals surface area contributed by atoms with Crippen molar-refractivity contribution in [3.63, 3.8) is 0 Å². The van der Waals surface area contributed by atoms with Crippen LogP contribution in [0, 0.1) is 0 Å². The average molecular weight is 260 g/mol. The first-order chi connectivity index (χ1) is 9.20. The van der Waals surface area contributed by atoms with Gasteiger partial charge in [-0.2, -0.15) is 0 Å². The zero-order chi connectivity index (χ0) is 13.7. The Hall–Kier alpha value is -2.17. The number of amides is 1. The van der Waals surface area contributed by atoms with Crippen molar-refractivity contribution in [2.24, 2.45) is 0 Å². The highest BCUT2D eigenvalue weighted by Crippen LogP contribution is 2.20. The highest BCUT2D eigenvalue weighted by Gasteiger charge is 2.22. The molecule has 1 amide bonds. The van der Waals surface area contributed by atoms with Crippen LogP contribution in [-0.2, 0) is 14.3 Å². The smallest absolute Gasteiger partial charge is 0.330 e. The summed E-state index contributed by atoms with van der Waals surface area (Å²) < 4.78 is 4.80. The molecule has 0 saturated carbocycles. The van der Waals surface area contributed by atoms with E-state index in [0.717, 1.165) is 12.0 Å². The van der Waals surface area contributed by atoms with Gasteiger partial charge in [0.1, 0.15) is 5.82 Å². The lowest BCUT2D eigenvalue weighted by Gasteiger charge is -2.14. The van der Waals surface area contributed by atoms with E-state index in [0.29, 0.717) is 25.4 Å². The van der Waals surface area contributed by atoms with Crippen LogP contribution in [0.25, 0.3) is 6.08 Å². The molecule has 1 saturated heterocycles. The topological polar surface area (TPSA) is 59.5 Å². The Bertz CT molecular complexity index is 511. The number of ether oxygens (including phenoxy) is 1. The second-order valence-electron chi connectivity index (χ2n) is 4.18. The van der Waals surface area contributed by atoms with E-state index in [1.165, 1.54) is 6.08 Å².